The molecule has 1 N–H and O–H groups in total. The van der Waals surface area contributed by atoms with E-state index < -0.39 is 23.5 Å². The first kappa shape index (κ1) is 14.1. The van der Waals surface area contributed by atoms with Gasteiger partial charge in [-0.15, -0.1) is 0 Å². The smallest absolute Gasteiger partial charge is 0.137 e. The van der Waals surface area contributed by atoms with E-state index in [1.54, 1.807) is 19.2 Å². The van der Waals surface area contributed by atoms with E-state index in [-0.39, 0.29) is 15.6 Å². The van der Waals surface area contributed by atoms with Gasteiger partial charge in [0, 0.05) is 11.1 Å². The minimum atomic E-state index is -0.746. The molecule has 2 rings (SSSR count). The third kappa shape index (κ3) is 2.82. The van der Waals surface area contributed by atoms with Gasteiger partial charge in [0.05, 0.1) is 10.5 Å². The van der Waals surface area contributed by atoms with Crippen LogP contribution in [-0.2, 0) is 0 Å². The van der Waals surface area contributed by atoms with Crippen molar-refractivity contribution in [3.8, 4) is 0 Å². The molecule has 1 unspecified atom stereocenters. The predicted octanol–water partition coefficient (Wildman–Crippen LogP) is 4.18. The molecule has 0 spiro atoms. The van der Waals surface area contributed by atoms with Gasteiger partial charge < -0.3 is 5.32 Å². The third-order valence-corrected chi connectivity index (χ3v) is 3.46. The normalized spacial score (nSPS) is 12.5. The van der Waals surface area contributed by atoms with Crippen LogP contribution >= 0.6 is 15.9 Å². The highest BCUT2D eigenvalue weighted by Gasteiger charge is 2.20. The van der Waals surface area contributed by atoms with Crippen LogP contribution in [0.25, 0.3) is 0 Å². The monoisotopic (exact) mass is 329 g/mol. The Labute approximate surface area is 117 Å². The maximum Gasteiger partial charge on any atom is 0.137 e. The van der Waals surface area contributed by atoms with Crippen molar-refractivity contribution in [2.24, 2.45) is 0 Å². The molecule has 0 saturated carbocycles. The molecule has 19 heavy (non-hydrogen) atoms. The molecule has 0 amide bonds. The van der Waals surface area contributed by atoms with Gasteiger partial charge in [-0.25, -0.2) is 13.2 Å². The first-order chi connectivity index (χ1) is 9.04. The number of hydrogen-bond donors (Lipinski definition) is 1. The minimum Gasteiger partial charge on any atom is -0.309 e. The Morgan fingerprint density at radius 1 is 0.947 bits per heavy atom. The van der Waals surface area contributed by atoms with Crippen molar-refractivity contribution >= 4 is 15.9 Å². The second-order valence-corrected chi connectivity index (χ2v) is 4.89. The van der Waals surface area contributed by atoms with E-state index in [0.29, 0.717) is 0 Å². The van der Waals surface area contributed by atoms with Crippen LogP contribution in [0.1, 0.15) is 17.2 Å². The molecule has 0 radical (unpaired) electrons. The van der Waals surface area contributed by atoms with Crippen LogP contribution in [-0.4, -0.2) is 7.05 Å². The maximum absolute atomic E-state index is 13.9. The maximum atomic E-state index is 13.9. The van der Waals surface area contributed by atoms with Gasteiger partial charge in [-0.3, -0.25) is 0 Å². The summed E-state index contributed by atoms with van der Waals surface area (Å²) in [6, 6.07) is 7.37. The zero-order valence-corrected chi connectivity index (χ0v) is 11.6. The average molecular weight is 330 g/mol. The lowest BCUT2D eigenvalue weighted by Crippen LogP contribution is -2.20. The SMILES string of the molecule is CNC(c1ccccc1F)c1cc(F)c(Br)cc1F. The highest BCUT2D eigenvalue weighted by atomic mass is 79.9. The molecule has 1 nitrogen and oxygen atoms in total. The highest BCUT2D eigenvalue weighted by Crippen LogP contribution is 2.29. The zero-order chi connectivity index (χ0) is 14.0. The molecule has 2 aromatic rings. The van der Waals surface area contributed by atoms with E-state index >= 15 is 0 Å². The highest BCUT2D eigenvalue weighted by molar-refractivity contribution is 9.10. The summed E-state index contributed by atoms with van der Waals surface area (Å²) in [5.41, 5.74) is 0.332. The predicted molar refractivity (Wildman–Crippen MR) is 71.4 cm³/mol. The van der Waals surface area contributed by atoms with Gasteiger partial charge in [-0.1, -0.05) is 18.2 Å². The quantitative estimate of drug-likeness (QED) is 0.833. The molecular formula is C14H11BrF3N. The van der Waals surface area contributed by atoms with Crippen molar-refractivity contribution in [1.29, 1.82) is 0 Å². The lowest BCUT2D eigenvalue weighted by atomic mass is 9.98. The Balaban J connectivity index is 2.55. The summed E-state index contributed by atoms with van der Waals surface area (Å²) in [6.07, 6.45) is 0. The van der Waals surface area contributed by atoms with Crippen LogP contribution in [0.3, 0.4) is 0 Å². The Morgan fingerprint density at radius 2 is 1.63 bits per heavy atom. The molecule has 1 atom stereocenters. The average Bonchev–Trinajstić information content (AvgIpc) is 2.38. The lowest BCUT2D eigenvalue weighted by Gasteiger charge is -2.19. The van der Waals surface area contributed by atoms with E-state index in [1.165, 1.54) is 12.1 Å². The van der Waals surface area contributed by atoms with Gasteiger partial charge in [0.15, 0.2) is 0 Å². The van der Waals surface area contributed by atoms with Crippen molar-refractivity contribution in [3.05, 3.63) is 69.4 Å². The number of hydrogen-bond acceptors (Lipinski definition) is 1. The Kier molecular flexibility index (Phi) is 4.27. The Bertz CT molecular complexity index is 601. The summed E-state index contributed by atoms with van der Waals surface area (Å²) >= 11 is 2.91. The second kappa shape index (κ2) is 5.75. The van der Waals surface area contributed by atoms with Crippen molar-refractivity contribution in [2.45, 2.75) is 6.04 Å². The van der Waals surface area contributed by atoms with Crippen molar-refractivity contribution in [2.75, 3.05) is 7.05 Å². The molecule has 0 aliphatic heterocycles. The fourth-order valence-corrected chi connectivity index (χ4v) is 2.26. The van der Waals surface area contributed by atoms with E-state index in [2.05, 4.69) is 21.2 Å². The Morgan fingerprint density at radius 3 is 2.26 bits per heavy atom. The van der Waals surface area contributed by atoms with Gasteiger partial charge in [-0.2, -0.15) is 0 Å². The molecule has 0 saturated heterocycles. The molecule has 5 heteroatoms. The number of nitrogens with one attached hydrogen (secondary N) is 1. The molecule has 0 aliphatic rings. The summed E-state index contributed by atoms with van der Waals surface area (Å²) in [6.45, 7) is 0. The van der Waals surface area contributed by atoms with Crippen molar-refractivity contribution < 1.29 is 13.2 Å². The summed E-state index contributed by atoms with van der Waals surface area (Å²) in [5.74, 6) is -1.66. The first-order valence-corrected chi connectivity index (χ1v) is 6.40. The van der Waals surface area contributed by atoms with Crippen LogP contribution in [0, 0.1) is 17.5 Å². The topological polar surface area (TPSA) is 12.0 Å². The molecule has 0 aromatic heterocycles. The van der Waals surface area contributed by atoms with Crippen molar-refractivity contribution in [3.63, 3.8) is 0 Å². The molecule has 0 bridgehead atoms. The molecule has 2 aromatic carbocycles. The molecule has 0 fully saturated rings. The van der Waals surface area contributed by atoms with Crippen LogP contribution in [0.15, 0.2) is 40.9 Å². The van der Waals surface area contributed by atoms with E-state index in [0.717, 1.165) is 12.1 Å². The fraction of sp³-hybridized carbons (Fsp3) is 0.143. The van der Waals surface area contributed by atoms with Crippen LogP contribution in [0.2, 0.25) is 0 Å². The van der Waals surface area contributed by atoms with E-state index in [4.69, 9.17) is 0 Å². The Hall–Kier alpha value is -1.33. The van der Waals surface area contributed by atoms with Gasteiger partial charge >= 0.3 is 0 Å². The molecular weight excluding hydrogens is 319 g/mol. The van der Waals surface area contributed by atoms with E-state index in [9.17, 15) is 13.2 Å². The minimum absolute atomic E-state index is 0.0390. The third-order valence-electron chi connectivity index (χ3n) is 2.86. The van der Waals surface area contributed by atoms with Crippen LogP contribution in [0.4, 0.5) is 13.2 Å². The van der Waals surface area contributed by atoms with Crippen LogP contribution in [0.5, 0.6) is 0 Å². The summed E-state index contributed by atoms with van der Waals surface area (Å²) in [5, 5.41) is 2.80. The van der Waals surface area contributed by atoms with Crippen LogP contribution < -0.4 is 5.32 Å². The number of halogens is 4. The summed E-state index contributed by atoms with van der Waals surface area (Å²) in [4.78, 5) is 0. The largest absolute Gasteiger partial charge is 0.309 e. The molecule has 0 aliphatic carbocycles. The summed E-state index contributed by atoms with van der Waals surface area (Å²) < 4.78 is 41.3. The van der Waals surface area contributed by atoms with E-state index in [1.807, 2.05) is 0 Å². The van der Waals surface area contributed by atoms with Gasteiger partial charge in [0.2, 0.25) is 0 Å². The first-order valence-electron chi connectivity index (χ1n) is 5.60. The number of benzene rings is 2. The fourth-order valence-electron chi connectivity index (χ4n) is 1.95. The van der Waals surface area contributed by atoms with Gasteiger partial charge in [0.1, 0.15) is 17.5 Å². The second-order valence-electron chi connectivity index (χ2n) is 4.03. The zero-order valence-electron chi connectivity index (χ0n) is 10.1. The summed E-state index contributed by atoms with van der Waals surface area (Å²) in [7, 11) is 1.57. The van der Waals surface area contributed by atoms with Crippen molar-refractivity contribution in [1.82, 2.24) is 5.32 Å². The van der Waals surface area contributed by atoms with Gasteiger partial charge in [-0.05, 0) is 41.2 Å². The molecule has 0 heterocycles. The molecule has 100 valence electrons. The van der Waals surface area contributed by atoms with Gasteiger partial charge in [0.25, 0.3) is 0 Å². The lowest BCUT2D eigenvalue weighted by molar-refractivity contribution is 0.535. The standard InChI is InChI=1S/C14H11BrF3N/c1-19-14(8-4-2-3-5-11(8)16)9-6-13(18)10(15)7-12(9)17/h2-7,14,19H,1H3. The number of rotatable bonds is 3.